The molecule has 1 aliphatic heterocycles. The van der Waals surface area contributed by atoms with Crippen LogP contribution in [0, 0.1) is 0 Å². The van der Waals surface area contributed by atoms with Crippen LogP contribution in [0.2, 0.25) is 10.0 Å². The molecule has 0 saturated carbocycles. The molecule has 0 bridgehead atoms. The Morgan fingerprint density at radius 1 is 1.22 bits per heavy atom. The standard InChI is InChI=1S/C16H15Cl2N7O2/c17-11-1-2-15(14(18)5-11)27-10-16(26)23-8-13(9-23)24-6-12(21-22-24)7-25-19-3-4-20-25/h1-6,13H,7-10H2. The molecule has 2 aromatic heterocycles. The van der Waals surface area contributed by atoms with Gasteiger partial charge in [-0.2, -0.15) is 15.0 Å². The van der Waals surface area contributed by atoms with E-state index in [2.05, 4.69) is 20.5 Å². The molecule has 27 heavy (non-hydrogen) atoms. The quantitative estimate of drug-likeness (QED) is 0.617. The van der Waals surface area contributed by atoms with Crippen molar-refractivity contribution in [3.63, 3.8) is 0 Å². The summed E-state index contributed by atoms with van der Waals surface area (Å²) in [4.78, 5) is 15.5. The molecular weight excluding hydrogens is 393 g/mol. The van der Waals surface area contributed by atoms with E-state index in [1.54, 1.807) is 40.2 Å². The van der Waals surface area contributed by atoms with E-state index in [-0.39, 0.29) is 18.6 Å². The lowest BCUT2D eigenvalue weighted by molar-refractivity contribution is -0.139. The summed E-state index contributed by atoms with van der Waals surface area (Å²) in [7, 11) is 0. The Kier molecular flexibility index (Phi) is 4.95. The van der Waals surface area contributed by atoms with E-state index in [1.165, 1.54) is 4.80 Å². The van der Waals surface area contributed by atoms with Gasteiger partial charge in [-0.1, -0.05) is 28.4 Å². The molecule has 1 aromatic carbocycles. The number of carbonyl (C=O) groups is 1. The van der Waals surface area contributed by atoms with Gasteiger partial charge in [-0.3, -0.25) is 4.79 Å². The molecule has 1 fully saturated rings. The predicted molar refractivity (Wildman–Crippen MR) is 96.7 cm³/mol. The summed E-state index contributed by atoms with van der Waals surface area (Å²) in [5.74, 6) is 0.318. The van der Waals surface area contributed by atoms with E-state index in [4.69, 9.17) is 27.9 Å². The Hall–Kier alpha value is -2.65. The van der Waals surface area contributed by atoms with Crippen LogP contribution >= 0.6 is 23.2 Å². The molecule has 9 nitrogen and oxygen atoms in total. The van der Waals surface area contributed by atoms with Gasteiger partial charge in [0.15, 0.2) is 6.61 Å². The fourth-order valence-corrected chi connectivity index (χ4v) is 3.15. The Morgan fingerprint density at radius 3 is 2.74 bits per heavy atom. The van der Waals surface area contributed by atoms with Crippen LogP contribution in [0.3, 0.4) is 0 Å². The van der Waals surface area contributed by atoms with Gasteiger partial charge in [0, 0.05) is 18.1 Å². The molecule has 4 rings (SSSR count). The van der Waals surface area contributed by atoms with E-state index < -0.39 is 0 Å². The van der Waals surface area contributed by atoms with Gasteiger partial charge in [0.05, 0.1) is 29.7 Å². The average Bonchev–Trinajstić information content (AvgIpc) is 3.25. The predicted octanol–water partition coefficient (Wildman–Crippen LogP) is 1.69. The van der Waals surface area contributed by atoms with E-state index in [0.29, 0.717) is 35.4 Å². The maximum absolute atomic E-state index is 12.2. The zero-order valence-electron chi connectivity index (χ0n) is 14.1. The third kappa shape index (κ3) is 4.04. The molecule has 1 aliphatic rings. The molecular formula is C16H15Cl2N7O2. The van der Waals surface area contributed by atoms with E-state index in [1.807, 2.05) is 6.20 Å². The first-order valence-corrected chi connectivity index (χ1v) is 8.94. The first-order valence-electron chi connectivity index (χ1n) is 8.19. The van der Waals surface area contributed by atoms with Crippen LogP contribution in [0.5, 0.6) is 5.75 Å². The molecule has 3 aromatic rings. The topological polar surface area (TPSA) is 91.0 Å². The molecule has 1 saturated heterocycles. The smallest absolute Gasteiger partial charge is 0.260 e. The Labute approximate surface area is 164 Å². The summed E-state index contributed by atoms with van der Waals surface area (Å²) in [5, 5.41) is 17.2. The van der Waals surface area contributed by atoms with Gasteiger partial charge in [0.25, 0.3) is 5.91 Å². The maximum atomic E-state index is 12.2. The normalized spacial score (nSPS) is 14.2. The summed E-state index contributed by atoms with van der Waals surface area (Å²) in [6.07, 6.45) is 5.07. The second-order valence-electron chi connectivity index (χ2n) is 6.07. The Morgan fingerprint density at radius 2 is 2.00 bits per heavy atom. The van der Waals surface area contributed by atoms with E-state index >= 15 is 0 Å². The van der Waals surface area contributed by atoms with Crippen molar-refractivity contribution in [2.45, 2.75) is 12.6 Å². The van der Waals surface area contributed by atoms with Crippen molar-refractivity contribution in [2.24, 2.45) is 0 Å². The van der Waals surface area contributed by atoms with Gasteiger partial charge in [0.2, 0.25) is 0 Å². The number of hydrogen-bond donors (Lipinski definition) is 0. The van der Waals surface area contributed by atoms with Crippen molar-refractivity contribution in [3.05, 3.63) is 52.5 Å². The summed E-state index contributed by atoms with van der Waals surface area (Å²) in [5.41, 5.74) is 0.761. The molecule has 0 aliphatic carbocycles. The van der Waals surface area contributed by atoms with E-state index in [0.717, 1.165) is 5.69 Å². The minimum Gasteiger partial charge on any atom is -0.482 e. The number of carbonyl (C=O) groups excluding carboxylic acids is 1. The van der Waals surface area contributed by atoms with Gasteiger partial charge in [-0.15, -0.1) is 5.10 Å². The lowest BCUT2D eigenvalue weighted by Crippen LogP contribution is -2.52. The molecule has 0 N–H and O–H groups in total. The first kappa shape index (κ1) is 17.7. The summed E-state index contributed by atoms with van der Waals surface area (Å²) < 4.78 is 7.24. The van der Waals surface area contributed by atoms with Crippen LogP contribution in [-0.2, 0) is 11.3 Å². The van der Waals surface area contributed by atoms with Gasteiger partial charge >= 0.3 is 0 Å². The second-order valence-corrected chi connectivity index (χ2v) is 6.91. The molecule has 11 heteroatoms. The third-order valence-corrected chi connectivity index (χ3v) is 4.69. The number of rotatable bonds is 6. The monoisotopic (exact) mass is 407 g/mol. The van der Waals surface area contributed by atoms with Crippen LogP contribution in [0.1, 0.15) is 11.7 Å². The summed E-state index contributed by atoms with van der Waals surface area (Å²) in [6, 6.07) is 4.97. The highest BCUT2D eigenvalue weighted by Crippen LogP contribution is 2.28. The third-order valence-electron chi connectivity index (χ3n) is 4.16. The van der Waals surface area contributed by atoms with Crippen molar-refractivity contribution in [3.8, 4) is 5.75 Å². The maximum Gasteiger partial charge on any atom is 0.260 e. The molecule has 0 radical (unpaired) electrons. The number of benzene rings is 1. The highest BCUT2D eigenvalue weighted by molar-refractivity contribution is 6.35. The highest BCUT2D eigenvalue weighted by atomic mass is 35.5. The lowest BCUT2D eigenvalue weighted by Gasteiger charge is -2.38. The fourth-order valence-electron chi connectivity index (χ4n) is 2.68. The second kappa shape index (κ2) is 7.53. The van der Waals surface area contributed by atoms with Gasteiger partial charge in [-0.25, -0.2) is 4.68 Å². The number of likely N-dealkylation sites (tertiary alicyclic amines) is 1. The average molecular weight is 408 g/mol. The number of amides is 1. The SMILES string of the molecule is O=C(COc1ccc(Cl)cc1Cl)N1CC(n2cc(Cn3nccn3)nn2)C1. The zero-order valence-corrected chi connectivity index (χ0v) is 15.6. The number of hydrogen-bond acceptors (Lipinski definition) is 6. The minimum absolute atomic E-state index is 0.0817. The van der Waals surface area contributed by atoms with Gasteiger partial charge in [0.1, 0.15) is 18.0 Å². The molecule has 0 atom stereocenters. The number of nitrogens with zero attached hydrogens (tertiary/aromatic N) is 7. The van der Waals surface area contributed by atoms with Crippen molar-refractivity contribution in [1.82, 2.24) is 34.9 Å². The number of halogens is 2. The van der Waals surface area contributed by atoms with Crippen LogP contribution in [0.25, 0.3) is 0 Å². The lowest BCUT2D eigenvalue weighted by atomic mass is 10.1. The van der Waals surface area contributed by atoms with E-state index in [9.17, 15) is 4.79 Å². The van der Waals surface area contributed by atoms with Crippen LogP contribution in [0.4, 0.5) is 0 Å². The van der Waals surface area contributed by atoms with Crippen LogP contribution in [-0.4, -0.2) is 60.5 Å². The molecule has 0 unspecified atom stereocenters. The zero-order chi connectivity index (χ0) is 18.8. The minimum atomic E-state index is -0.113. The van der Waals surface area contributed by atoms with Crippen molar-refractivity contribution >= 4 is 29.1 Å². The van der Waals surface area contributed by atoms with Crippen molar-refractivity contribution in [2.75, 3.05) is 19.7 Å². The largest absolute Gasteiger partial charge is 0.482 e. The molecule has 3 heterocycles. The summed E-state index contributed by atoms with van der Waals surface area (Å²) in [6.45, 7) is 1.48. The number of ether oxygens (including phenoxy) is 1. The van der Waals surface area contributed by atoms with Crippen molar-refractivity contribution in [1.29, 1.82) is 0 Å². The first-order chi connectivity index (χ1) is 13.1. The highest BCUT2D eigenvalue weighted by Gasteiger charge is 2.33. The van der Waals surface area contributed by atoms with Crippen LogP contribution in [0.15, 0.2) is 36.8 Å². The van der Waals surface area contributed by atoms with Gasteiger partial charge in [-0.05, 0) is 18.2 Å². The summed E-state index contributed by atoms with van der Waals surface area (Å²) >= 11 is 11.9. The molecule has 0 spiro atoms. The van der Waals surface area contributed by atoms with Crippen molar-refractivity contribution < 1.29 is 9.53 Å². The Bertz CT molecular complexity index is 938. The van der Waals surface area contributed by atoms with Crippen LogP contribution < -0.4 is 4.74 Å². The number of aromatic nitrogens is 6. The fraction of sp³-hybridized carbons (Fsp3) is 0.312. The van der Waals surface area contributed by atoms with Gasteiger partial charge < -0.3 is 9.64 Å². The molecule has 1 amide bonds. The Balaban J connectivity index is 1.26. The molecule has 140 valence electrons.